The average molecular weight is 463 g/mol. The molecule has 7 heteroatoms. The van der Waals surface area contributed by atoms with Crippen molar-refractivity contribution < 1.29 is 9.53 Å². The number of ether oxygens (including phenoxy) is 1. The molecule has 5 rings (SSSR count). The van der Waals surface area contributed by atoms with Gasteiger partial charge in [-0.2, -0.15) is 0 Å². The van der Waals surface area contributed by atoms with E-state index in [4.69, 9.17) is 16.3 Å². The lowest BCUT2D eigenvalue weighted by atomic mass is 9.98. The van der Waals surface area contributed by atoms with Gasteiger partial charge in [0.2, 0.25) is 0 Å². The number of nitrogens with zero attached hydrogens (tertiary/aromatic N) is 3. The molecule has 3 aromatic rings. The van der Waals surface area contributed by atoms with Crippen molar-refractivity contribution in [3.8, 4) is 16.9 Å². The summed E-state index contributed by atoms with van der Waals surface area (Å²) in [7, 11) is 2.09. The highest BCUT2D eigenvalue weighted by molar-refractivity contribution is 6.30. The molecule has 1 fully saturated rings. The van der Waals surface area contributed by atoms with E-state index in [-0.39, 0.29) is 12.0 Å². The van der Waals surface area contributed by atoms with Gasteiger partial charge in [0.25, 0.3) is 5.91 Å². The maximum absolute atomic E-state index is 12.8. The Balaban J connectivity index is 1.35. The van der Waals surface area contributed by atoms with Gasteiger partial charge in [0.1, 0.15) is 17.7 Å². The quantitative estimate of drug-likeness (QED) is 0.607. The second kappa shape index (κ2) is 9.41. The molecule has 0 unspecified atom stereocenters. The van der Waals surface area contributed by atoms with Crippen LogP contribution < -0.4 is 10.1 Å². The topological polar surface area (TPSA) is 57.7 Å². The van der Waals surface area contributed by atoms with Gasteiger partial charge in [-0.15, -0.1) is 0 Å². The number of rotatable bonds is 4. The number of hydrogen-bond acceptors (Lipinski definition) is 5. The van der Waals surface area contributed by atoms with Crippen molar-refractivity contribution in [3.05, 3.63) is 76.9 Å². The van der Waals surface area contributed by atoms with E-state index in [0.29, 0.717) is 5.02 Å². The van der Waals surface area contributed by atoms with E-state index in [9.17, 15) is 4.79 Å². The highest BCUT2D eigenvalue weighted by atomic mass is 35.5. The molecule has 1 atom stereocenters. The largest absolute Gasteiger partial charge is 0.485 e. The highest BCUT2D eigenvalue weighted by Gasteiger charge is 2.24. The van der Waals surface area contributed by atoms with Crippen molar-refractivity contribution in [1.82, 2.24) is 14.8 Å². The molecule has 2 aromatic carbocycles. The lowest BCUT2D eigenvalue weighted by Crippen LogP contribution is -2.47. The monoisotopic (exact) mass is 462 g/mol. The predicted octanol–water partition coefficient (Wildman–Crippen LogP) is 4.73. The summed E-state index contributed by atoms with van der Waals surface area (Å²) in [6.07, 6.45) is 2.60. The molecule has 33 heavy (non-hydrogen) atoms. The molecular weight excluding hydrogens is 436 g/mol. The van der Waals surface area contributed by atoms with Crippen LogP contribution in [0.25, 0.3) is 11.1 Å². The van der Waals surface area contributed by atoms with Crippen LogP contribution in [0.15, 0.2) is 60.8 Å². The van der Waals surface area contributed by atoms with Gasteiger partial charge in [-0.3, -0.25) is 4.79 Å². The number of pyridine rings is 1. The van der Waals surface area contributed by atoms with Crippen LogP contribution in [0.3, 0.4) is 0 Å². The van der Waals surface area contributed by atoms with Crippen LogP contribution in [0.2, 0.25) is 5.02 Å². The molecule has 0 aliphatic carbocycles. The Morgan fingerprint density at radius 1 is 1.06 bits per heavy atom. The predicted molar refractivity (Wildman–Crippen MR) is 131 cm³/mol. The maximum atomic E-state index is 12.8. The molecule has 0 saturated carbocycles. The van der Waals surface area contributed by atoms with E-state index in [1.807, 2.05) is 59.6 Å². The van der Waals surface area contributed by atoms with Gasteiger partial charge in [0.15, 0.2) is 0 Å². The number of halogens is 1. The van der Waals surface area contributed by atoms with Gasteiger partial charge < -0.3 is 19.9 Å². The molecule has 1 amide bonds. The van der Waals surface area contributed by atoms with Gasteiger partial charge in [-0.25, -0.2) is 4.98 Å². The number of likely N-dealkylation sites (N-methyl/N-ethyl adjacent to an activating group) is 1. The molecule has 0 bridgehead atoms. The van der Waals surface area contributed by atoms with Crippen LogP contribution in [-0.2, 0) is 0 Å². The summed E-state index contributed by atoms with van der Waals surface area (Å²) in [4.78, 5) is 21.7. The maximum Gasteiger partial charge on any atom is 0.253 e. The van der Waals surface area contributed by atoms with Crippen LogP contribution in [0.4, 0.5) is 5.82 Å². The number of benzene rings is 2. The molecule has 3 heterocycles. The summed E-state index contributed by atoms with van der Waals surface area (Å²) in [5, 5.41) is 4.01. The van der Waals surface area contributed by atoms with Crippen molar-refractivity contribution in [1.29, 1.82) is 0 Å². The minimum absolute atomic E-state index is 0.0948. The lowest BCUT2D eigenvalue weighted by Gasteiger charge is -2.32. The third kappa shape index (κ3) is 4.82. The number of amides is 1. The van der Waals surface area contributed by atoms with E-state index in [1.165, 1.54) is 0 Å². The zero-order valence-electron chi connectivity index (χ0n) is 18.6. The van der Waals surface area contributed by atoms with Crippen molar-refractivity contribution in [3.63, 3.8) is 0 Å². The summed E-state index contributed by atoms with van der Waals surface area (Å²) in [5.41, 5.74) is 3.76. The SMILES string of the molecule is CN1CCN(C(=O)c2ccc(-c3cnc4c(c3)[C@@H](Oc3cccc(Cl)c3)CCN4)cc2)CC1. The average Bonchev–Trinajstić information content (AvgIpc) is 2.84. The molecule has 1 N–H and O–H groups in total. The second-order valence-electron chi connectivity index (χ2n) is 8.61. The van der Waals surface area contributed by atoms with Crippen LogP contribution in [0.5, 0.6) is 5.75 Å². The minimum Gasteiger partial charge on any atom is -0.485 e. The number of aromatic nitrogens is 1. The minimum atomic E-state index is -0.106. The number of anilines is 1. The Hall–Kier alpha value is -3.09. The molecule has 6 nitrogen and oxygen atoms in total. The van der Waals surface area contributed by atoms with E-state index >= 15 is 0 Å². The molecule has 2 aliphatic rings. The van der Waals surface area contributed by atoms with Crippen LogP contribution in [0.1, 0.15) is 28.4 Å². The lowest BCUT2D eigenvalue weighted by molar-refractivity contribution is 0.0664. The van der Waals surface area contributed by atoms with Crippen molar-refractivity contribution >= 4 is 23.3 Å². The van der Waals surface area contributed by atoms with Gasteiger partial charge in [0.05, 0.1) is 0 Å². The van der Waals surface area contributed by atoms with Crippen molar-refractivity contribution in [2.24, 2.45) is 0 Å². The van der Waals surface area contributed by atoms with E-state index in [0.717, 1.165) is 73.0 Å². The highest BCUT2D eigenvalue weighted by Crippen LogP contribution is 2.35. The normalized spacial score (nSPS) is 18.4. The summed E-state index contributed by atoms with van der Waals surface area (Å²) in [6, 6.07) is 17.4. The number of carbonyl (C=O) groups excluding carboxylic acids is 1. The van der Waals surface area contributed by atoms with Crippen LogP contribution >= 0.6 is 11.6 Å². The van der Waals surface area contributed by atoms with Gasteiger partial charge in [-0.05, 0) is 49.0 Å². The van der Waals surface area contributed by atoms with E-state index < -0.39 is 0 Å². The van der Waals surface area contributed by atoms with Crippen LogP contribution in [0, 0.1) is 0 Å². The van der Waals surface area contributed by atoms with Crippen molar-refractivity contribution in [2.45, 2.75) is 12.5 Å². The first-order valence-electron chi connectivity index (χ1n) is 11.3. The first-order chi connectivity index (χ1) is 16.1. The number of carbonyl (C=O) groups is 1. The number of hydrogen-bond donors (Lipinski definition) is 1. The summed E-state index contributed by atoms with van der Waals surface area (Å²) < 4.78 is 6.26. The summed E-state index contributed by atoms with van der Waals surface area (Å²) in [6.45, 7) is 4.17. The van der Waals surface area contributed by atoms with E-state index in [2.05, 4.69) is 28.3 Å². The number of fused-ring (bicyclic) bond motifs is 1. The third-order valence-corrected chi connectivity index (χ3v) is 6.53. The summed E-state index contributed by atoms with van der Waals surface area (Å²) >= 11 is 6.13. The fraction of sp³-hybridized carbons (Fsp3) is 0.308. The standard InChI is InChI=1S/C26H27ClN4O2/c1-30-11-13-31(14-12-30)26(32)19-7-5-18(6-8-19)20-15-23-24(9-10-28-25(23)29-17-20)33-22-4-2-3-21(27)16-22/h2-8,15-17,24H,9-14H2,1H3,(H,28,29)/t24-/m0/s1. The summed E-state index contributed by atoms with van der Waals surface area (Å²) in [5.74, 6) is 1.69. The Bertz CT molecular complexity index is 1140. The molecule has 2 aliphatic heterocycles. The van der Waals surface area contributed by atoms with Crippen molar-refractivity contribution in [2.75, 3.05) is 45.1 Å². The fourth-order valence-corrected chi connectivity index (χ4v) is 4.51. The van der Waals surface area contributed by atoms with E-state index in [1.54, 1.807) is 0 Å². The molecule has 170 valence electrons. The Morgan fingerprint density at radius 2 is 1.85 bits per heavy atom. The Labute approximate surface area is 199 Å². The first kappa shape index (κ1) is 21.7. The number of nitrogens with one attached hydrogen (secondary N) is 1. The molecule has 1 saturated heterocycles. The van der Waals surface area contributed by atoms with Gasteiger partial charge >= 0.3 is 0 Å². The second-order valence-corrected chi connectivity index (χ2v) is 9.05. The Morgan fingerprint density at radius 3 is 2.61 bits per heavy atom. The Kier molecular flexibility index (Phi) is 6.20. The van der Waals surface area contributed by atoms with Crippen LogP contribution in [-0.4, -0.2) is 60.5 Å². The first-order valence-corrected chi connectivity index (χ1v) is 11.7. The number of piperazine rings is 1. The zero-order chi connectivity index (χ0) is 22.8. The van der Waals surface area contributed by atoms with Gasteiger partial charge in [0, 0.05) is 67.1 Å². The molecule has 0 spiro atoms. The third-order valence-electron chi connectivity index (χ3n) is 6.29. The fourth-order valence-electron chi connectivity index (χ4n) is 4.33. The smallest absolute Gasteiger partial charge is 0.253 e. The molecule has 1 aromatic heterocycles. The molecule has 0 radical (unpaired) electrons. The zero-order valence-corrected chi connectivity index (χ0v) is 19.4. The molecular formula is C26H27ClN4O2. The van der Waals surface area contributed by atoms with Gasteiger partial charge in [-0.1, -0.05) is 29.8 Å².